The lowest BCUT2D eigenvalue weighted by Crippen LogP contribution is -2.20. The molecular weight excluding hydrogens is 184 g/mol. The van der Waals surface area contributed by atoms with Gasteiger partial charge in [0.15, 0.2) is 0 Å². The van der Waals surface area contributed by atoms with Crippen molar-refractivity contribution in [3.8, 4) is 0 Å². The van der Waals surface area contributed by atoms with Crippen LogP contribution >= 0.6 is 11.8 Å². The number of carbonyl (C=O) groups is 1. The monoisotopic (exact) mass is 202 g/mol. The van der Waals surface area contributed by atoms with Crippen LogP contribution in [0.2, 0.25) is 0 Å². The molecule has 1 rings (SSSR count). The molecule has 0 spiro atoms. The van der Waals surface area contributed by atoms with E-state index >= 15 is 0 Å². The van der Waals surface area contributed by atoms with Gasteiger partial charge < -0.3 is 5.11 Å². The van der Waals surface area contributed by atoms with Gasteiger partial charge >= 0.3 is 5.97 Å². The molecule has 2 nitrogen and oxygen atoms in total. The van der Waals surface area contributed by atoms with E-state index in [0.29, 0.717) is 11.2 Å². The molecule has 76 valence electrons. The van der Waals surface area contributed by atoms with Gasteiger partial charge in [0.1, 0.15) is 0 Å². The van der Waals surface area contributed by atoms with Gasteiger partial charge in [0.05, 0.1) is 5.92 Å². The van der Waals surface area contributed by atoms with E-state index in [2.05, 4.69) is 13.8 Å². The van der Waals surface area contributed by atoms with E-state index in [0.717, 1.165) is 25.0 Å². The highest BCUT2D eigenvalue weighted by molar-refractivity contribution is 7.99. The molecule has 0 aliphatic heterocycles. The maximum absolute atomic E-state index is 10.8. The second kappa shape index (κ2) is 4.89. The molecule has 0 aromatic rings. The fourth-order valence-corrected chi connectivity index (χ4v) is 3.17. The Morgan fingerprint density at radius 3 is 2.77 bits per heavy atom. The van der Waals surface area contributed by atoms with Crippen molar-refractivity contribution in [1.29, 1.82) is 0 Å². The molecule has 0 saturated heterocycles. The molecule has 1 aliphatic rings. The first kappa shape index (κ1) is 10.9. The predicted octanol–water partition coefficient (Wildman–Crippen LogP) is 2.63. The number of rotatable bonds is 4. The summed E-state index contributed by atoms with van der Waals surface area (Å²) in [5, 5.41) is 9.31. The first-order valence-electron chi connectivity index (χ1n) is 4.95. The van der Waals surface area contributed by atoms with Crippen molar-refractivity contribution in [1.82, 2.24) is 0 Å². The molecule has 2 unspecified atom stereocenters. The van der Waals surface area contributed by atoms with Gasteiger partial charge in [-0.15, -0.1) is 0 Å². The number of carboxylic acid groups (broad SMARTS) is 1. The lowest BCUT2D eigenvalue weighted by Gasteiger charge is -2.16. The highest BCUT2D eigenvalue weighted by Crippen LogP contribution is 2.35. The Hall–Kier alpha value is -0.180. The van der Waals surface area contributed by atoms with Gasteiger partial charge in [-0.05, 0) is 24.5 Å². The maximum atomic E-state index is 10.8. The molecule has 2 atom stereocenters. The van der Waals surface area contributed by atoms with Crippen LogP contribution in [0.25, 0.3) is 0 Å². The third kappa shape index (κ3) is 3.22. The van der Waals surface area contributed by atoms with E-state index in [1.165, 1.54) is 0 Å². The van der Waals surface area contributed by atoms with E-state index < -0.39 is 5.97 Å². The quantitative estimate of drug-likeness (QED) is 0.761. The highest BCUT2D eigenvalue weighted by Gasteiger charge is 2.32. The largest absolute Gasteiger partial charge is 0.481 e. The molecule has 1 N–H and O–H groups in total. The van der Waals surface area contributed by atoms with Gasteiger partial charge in [-0.25, -0.2) is 0 Å². The molecule has 0 aromatic heterocycles. The van der Waals surface area contributed by atoms with Crippen LogP contribution in [0, 0.1) is 11.8 Å². The lowest BCUT2D eigenvalue weighted by atomic mass is 10.1. The van der Waals surface area contributed by atoms with Crippen LogP contribution in [-0.2, 0) is 4.79 Å². The Kier molecular flexibility index (Phi) is 4.10. The van der Waals surface area contributed by atoms with Crippen LogP contribution in [0.1, 0.15) is 33.1 Å². The first-order valence-corrected chi connectivity index (χ1v) is 6.00. The van der Waals surface area contributed by atoms with E-state index in [9.17, 15) is 4.79 Å². The van der Waals surface area contributed by atoms with Gasteiger partial charge in [0.2, 0.25) is 0 Å². The molecule has 0 bridgehead atoms. The molecule has 3 heteroatoms. The van der Waals surface area contributed by atoms with Crippen molar-refractivity contribution in [3.05, 3.63) is 0 Å². The smallest absolute Gasteiger partial charge is 0.307 e. The summed E-state index contributed by atoms with van der Waals surface area (Å²) in [6, 6.07) is 0. The molecule has 0 radical (unpaired) electrons. The number of hydrogen-bond donors (Lipinski definition) is 1. The van der Waals surface area contributed by atoms with Crippen molar-refractivity contribution < 1.29 is 9.90 Å². The summed E-state index contributed by atoms with van der Waals surface area (Å²) in [6.45, 7) is 4.36. The third-order valence-corrected chi connectivity index (χ3v) is 4.26. The van der Waals surface area contributed by atoms with Gasteiger partial charge in [-0.3, -0.25) is 4.79 Å². The minimum absolute atomic E-state index is 0.0799. The summed E-state index contributed by atoms with van der Waals surface area (Å²) in [5.74, 6) is 1.08. The van der Waals surface area contributed by atoms with E-state index in [4.69, 9.17) is 5.11 Å². The summed E-state index contributed by atoms with van der Waals surface area (Å²) in [5.41, 5.74) is 0. The van der Waals surface area contributed by atoms with Gasteiger partial charge in [0, 0.05) is 5.25 Å². The first-order chi connectivity index (χ1) is 6.11. The zero-order valence-corrected chi connectivity index (χ0v) is 9.14. The fourth-order valence-electron chi connectivity index (χ4n) is 1.72. The fraction of sp³-hybridized carbons (Fsp3) is 0.900. The SMILES string of the molecule is CC(C)CSC1CCCC1C(=O)O. The molecule has 13 heavy (non-hydrogen) atoms. The number of aliphatic carboxylic acids is 1. The Morgan fingerprint density at radius 1 is 1.54 bits per heavy atom. The molecule has 1 fully saturated rings. The van der Waals surface area contributed by atoms with Crippen molar-refractivity contribution >= 4 is 17.7 Å². The van der Waals surface area contributed by atoms with Gasteiger partial charge in [-0.1, -0.05) is 20.3 Å². The Balaban J connectivity index is 2.35. The number of thioether (sulfide) groups is 1. The Morgan fingerprint density at radius 2 is 2.23 bits per heavy atom. The summed E-state index contributed by atoms with van der Waals surface area (Å²) in [6.07, 6.45) is 3.06. The van der Waals surface area contributed by atoms with E-state index in [-0.39, 0.29) is 5.92 Å². The minimum atomic E-state index is -0.598. The lowest BCUT2D eigenvalue weighted by molar-refractivity contribution is -0.141. The van der Waals surface area contributed by atoms with Crippen LogP contribution in [0.15, 0.2) is 0 Å². The van der Waals surface area contributed by atoms with Crippen LogP contribution in [0.3, 0.4) is 0 Å². The van der Waals surface area contributed by atoms with E-state index in [1.807, 2.05) is 11.8 Å². The second-order valence-electron chi connectivity index (χ2n) is 4.14. The topological polar surface area (TPSA) is 37.3 Å². The maximum Gasteiger partial charge on any atom is 0.307 e. The molecule has 1 saturated carbocycles. The minimum Gasteiger partial charge on any atom is -0.481 e. The summed E-state index contributed by atoms with van der Waals surface area (Å²) in [4.78, 5) is 10.8. The number of hydrogen-bond acceptors (Lipinski definition) is 2. The molecule has 0 heterocycles. The highest BCUT2D eigenvalue weighted by atomic mass is 32.2. The molecule has 0 amide bonds. The van der Waals surface area contributed by atoms with Crippen LogP contribution in [0.4, 0.5) is 0 Å². The average molecular weight is 202 g/mol. The summed E-state index contributed by atoms with van der Waals surface area (Å²) < 4.78 is 0. The van der Waals surface area contributed by atoms with Crippen molar-refractivity contribution in [2.24, 2.45) is 11.8 Å². The molecular formula is C10H18O2S. The van der Waals surface area contributed by atoms with Crippen LogP contribution in [-0.4, -0.2) is 22.1 Å². The van der Waals surface area contributed by atoms with Gasteiger partial charge in [-0.2, -0.15) is 11.8 Å². The zero-order chi connectivity index (χ0) is 9.84. The van der Waals surface area contributed by atoms with E-state index in [1.54, 1.807) is 0 Å². The number of carboxylic acids is 1. The Bertz CT molecular complexity index is 180. The van der Waals surface area contributed by atoms with Crippen molar-refractivity contribution in [3.63, 3.8) is 0 Å². The standard InChI is InChI=1S/C10H18O2S/c1-7(2)6-13-9-5-3-4-8(9)10(11)12/h7-9H,3-6H2,1-2H3,(H,11,12). The summed E-state index contributed by atoms with van der Waals surface area (Å²) >= 11 is 1.85. The normalized spacial score (nSPS) is 28.2. The molecule has 0 aromatic carbocycles. The average Bonchev–Trinajstić information content (AvgIpc) is 2.47. The van der Waals surface area contributed by atoms with Crippen LogP contribution < -0.4 is 0 Å². The zero-order valence-electron chi connectivity index (χ0n) is 8.32. The Labute approximate surface area is 84.1 Å². The van der Waals surface area contributed by atoms with Crippen molar-refractivity contribution in [2.75, 3.05) is 5.75 Å². The second-order valence-corrected chi connectivity index (χ2v) is 5.41. The van der Waals surface area contributed by atoms with Crippen LogP contribution in [0.5, 0.6) is 0 Å². The predicted molar refractivity (Wildman–Crippen MR) is 56.1 cm³/mol. The third-order valence-electron chi connectivity index (χ3n) is 2.41. The molecule has 1 aliphatic carbocycles. The van der Waals surface area contributed by atoms with Gasteiger partial charge in [0.25, 0.3) is 0 Å². The van der Waals surface area contributed by atoms with Crippen molar-refractivity contribution in [2.45, 2.75) is 38.4 Å². The summed E-state index contributed by atoms with van der Waals surface area (Å²) in [7, 11) is 0.